The Morgan fingerprint density at radius 3 is 2.14 bits per heavy atom. The third kappa shape index (κ3) is 2.62. The van der Waals surface area contributed by atoms with E-state index >= 15 is 0 Å². The second-order valence-corrected chi connectivity index (χ2v) is 6.27. The molecule has 0 saturated heterocycles. The van der Waals surface area contributed by atoms with Crippen molar-refractivity contribution in [3.05, 3.63) is 48.5 Å². The van der Waals surface area contributed by atoms with E-state index in [1.165, 1.54) is 32.3 Å². The molecule has 0 radical (unpaired) electrons. The second kappa shape index (κ2) is 4.88. The van der Waals surface area contributed by atoms with Crippen molar-refractivity contribution in [2.24, 2.45) is 0 Å². The fraction of sp³-hybridized carbons (Fsp3) is 0.211. The molecule has 0 amide bonds. The number of ether oxygens (including phenoxy) is 1. The molecule has 0 atom stereocenters. The molecule has 0 aliphatic heterocycles. The molecule has 4 aromatic carbocycles. The monoisotopic (exact) mass is 278 g/mol. The second-order valence-electron chi connectivity index (χ2n) is 6.27. The topological polar surface area (TPSA) is 26.3 Å². The normalized spacial score (nSPS) is 11.8. The summed E-state index contributed by atoms with van der Waals surface area (Å²) in [5, 5.41) is 8.20. The summed E-state index contributed by atoms with van der Waals surface area (Å²) in [5.74, 6) is 0. The SMILES string of the molecule is CC(C)(C)OC=O.c1cc2cc3ccc4cc3cc2c4c1. The fourth-order valence-electron chi connectivity index (χ4n) is 2.59. The van der Waals surface area contributed by atoms with Crippen LogP contribution >= 0.6 is 0 Å². The van der Waals surface area contributed by atoms with Crippen LogP contribution in [-0.2, 0) is 9.53 Å². The Labute approximate surface area is 124 Å². The van der Waals surface area contributed by atoms with Crippen LogP contribution in [0.4, 0.5) is 0 Å². The zero-order valence-corrected chi connectivity index (χ0v) is 12.5. The predicted molar refractivity (Wildman–Crippen MR) is 88.2 cm³/mol. The van der Waals surface area contributed by atoms with Crippen LogP contribution in [0.3, 0.4) is 0 Å². The lowest BCUT2D eigenvalue weighted by Gasteiger charge is -2.14. The summed E-state index contributed by atoms with van der Waals surface area (Å²) in [5.41, 5.74) is -0.318. The van der Waals surface area contributed by atoms with Gasteiger partial charge in [-0.3, -0.25) is 4.79 Å². The minimum Gasteiger partial charge on any atom is -0.462 e. The van der Waals surface area contributed by atoms with Crippen LogP contribution in [0.15, 0.2) is 48.5 Å². The summed E-state index contributed by atoms with van der Waals surface area (Å²) in [7, 11) is 0. The van der Waals surface area contributed by atoms with Gasteiger partial charge in [-0.25, -0.2) is 0 Å². The standard InChI is InChI=1S/C14H8.C5H10O2/c1-2-10-6-9-4-5-11-7-12(9)8-14(10)13(11)3-1;1-5(2,3)7-4-6/h1-8H;4H,1-3H3. The summed E-state index contributed by atoms with van der Waals surface area (Å²) in [6.45, 7) is 5.92. The predicted octanol–water partition coefficient (Wildman–Crippen LogP) is 4.98. The molecular weight excluding hydrogens is 260 g/mol. The Balaban J connectivity index is 0.000000164. The van der Waals surface area contributed by atoms with Crippen LogP contribution in [-0.4, -0.2) is 12.1 Å². The lowest BCUT2D eigenvalue weighted by molar-refractivity contribution is -0.138. The number of carbonyl (C=O) groups excluding carboxylic acids is 1. The molecule has 0 aliphatic rings. The van der Waals surface area contributed by atoms with Crippen LogP contribution in [0.25, 0.3) is 32.3 Å². The van der Waals surface area contributed by atoms with Crippen molar-refractivity contribution in [2.45, 2.75) is 26.4 Å². The van der Waals surface area contributed by atoms with Gasteiger partial charge in [-0.05, 0) is 71.3 Å². The summed E-state index contributed by atoms with van der Waals surface area (Å²) >= 11 is 0. The molecule has 2 heteroatoms. The minimum absolute atomic E-state index is 0.318. The molecule has 106 valence electrons. The summed E-state index contributed by atoms with van der Waals surface area (Å²) in [6, 6.07) is 17.8. The average Bonchev–Trinajstić information content (AvgIpc) is 2.44. The summed E-state index contributed by atoms with van der Waals surface area (Å²) in [4.78, 5) is 9.60. The van der Waals surface area contributed by atoms with E-state index in [0.29, 0.717) is 6.47 Å². The van der Waals surface area contributed by atoms with E-state index in [1.807, 2.05) is 20.8 Å². The van der Waals surface area contributed by atoms with Crippen molar-refractivity contribution >= 4 is 38.8 Å². The van der Waals surface area contributed by atoms with Crippen LogP contribution in [0, 0.1) is 0 Å². The first-order chi connectivity index (χ1) is 9.98. The highest BCUT2D eigenvalue weighted by atomic mass is 16.5. The molecule has 0 aliphatic carbocycles. The third-order valence-electron chi connectivity index (χ3n) is 3.55. The number of rotatable bonds is 1. The molecule has 0 spiro atoms. The Morgan fingerprint density at radius 1 is 0.810 bits per heavy atom. The molecule has 4 rings (SSSR count). The van der Waals surface area contributed by atoms with Crippen LogP contribution in [0.1, 0.15) is 20.8 Å². The number of benzene rings is 4. The first kappa shape index (κ1) is 13.6. The highest BCUT2D eigenvalue weighted by Gasteiger charge is 2.07. The number of hydrogen-bond donors (Lipinski definition) is 0. The molecule has 0 aromatic heterocycles. The molecule has 3 bridgehead atoms. The van der Waals surface area contributed by atoms with Gasteiger partial charge in [0, 0.05) is 0 Å². The fourth-order valence-corrected chi connectivity index (χ4v) is 2.59. The summed E-state index contributed by atoms with van der Waals surface area (Å²) < 4.78 is 4.55. The van der Waals surface area contributed by atoms with Gasteiger partial charge in [0.1, 0.15) is 5.60 Å². The molecule has 0 N–H and O–H groups in total. The van der Waals surface area contributed by atoms with E-state index in [1.54, 1.807) is 0 Å². The molecular formula is C19H18O2. The van der Waals surface area contributed by atoms with Crippen molar-refractivity contribution < 1.29 is 9.53 Å². The van der Waals surface area contributed by atoms with Gasteiger partial charge in [0.25, 0.3) is 6.47 Å². The largest absolute Gasteiger partial charge is 0.462 e. The lowest BCUT2D eigenvalue weighted by Crippen LogP contribution is -2.17. The van der Waals surface area contributed by atoms with E-state index in [2.05, 4.69) is 53.3 Å². The Kier molecular flexibility index (Phi) is 3.17. The number of carbonyl (C=O) groups is 1. The smallest absolute Gasteiger partial charge is 0.293 e. The maximum atomic E-state index is 9.60. The number of fused-ring (bicyclic) bond motifs is 2. The van der Waals surface area contributed by atoms with Crippen molar-refractivity contribution in [3.8, 4) is 0 Å². The Hall–Kier alpha value is -2.35. The van der Waals surface area contributed by atoms with Gasteiger partial charge in [0.15, 0.2) is 0 Å². The quantitative estimate of drug-likeness (QED) is 0.362. The van der Waals surface area contributed by atoms with Gasteiger partial charge in [0.05, 0.1) is 0 Å². The van der Waals surface area contributed by atoms with E-state index in [9.17, 15) is 4.79 Å². The van der Waals surface area contributed by atoms with Gasteiger partial charge < -0.3 is 4.74 Å². The van der Waals surface area contributed by atoms with Crippen LogP contribution in [0.2, 0.25) is 0 Å². The van der Waals surface area contributed by atoms with Gasteiger partial charge in [0.2, 0.25) is 0 Å². The van der Waals surface area contributed by atoms with E-state index < -0.39 is 0 Å². The first-order valence-corrected chi connectivity index (χ1v) is 7.06. The minimum atomic E-state index is -0.318. The van der Waals surface area contributed by atoms with E-state index in [4.69, 9.17) is 0 Å². The maximum absolute atomic E-state index is 9.60. The molecule has 4 aromatic rings. The van der Waals surface area contributed by atoms with Crippen molar-refractivity contribution in [1.82, 2.24) is 0 Å². The summed E-state index contributed by atoms with van der Waals surface area (Å²) in [6.07, 6.45) is 0. The third-order valence-corrected chi connectivity index (χ3v) is 3.55. The van der Waals surface area contributed by atoms with Gasteiger partial charge in [-0.1, -0.05) is 30.3 Å². The highest BCUT2D eigenvalue weighted by Crippen LogP contribution is 2.33. The van der Waals surface area contributed by atoms with Crippen molar-refractivity contribution in [3.63, 3.8) is 0 Å². The van der Waals surface area contributed by atoms with Crippen molar-refractivity contribution in [2.75, 3.05) is 0 Å². The Morgan fingerprint density at radius 2 is 1.48 bits per heavy atom. The highest BCUT2D eigenvalue weighted by molar-refractivity contribution is 6.15. The molecule has 2 nitrogen and oxygen atoms in total. The molecule has 21 heavy (non-hydrogen) atoms. The van der Waals surface area contributed by atoms with E-state index in [0.717, 1.165) is 0 Å². The number of hydrogen-bond acceptors (Lipinski definition) is 2. The van der Waals surface area contributed by atoms with Gasteiger partial charge in [-0.2, -0.15) is 0 Å². The van der Waals surface area contributed by atoms with Crippen molar-refractivity contribution in [1.29, 1.82) is 0 Å². The van der Waals surface area contributed by atoms with Crippen LogP contribution < -0.4 is 0 Å². The average molecular weight is 278 g/mol. The maximum Gasteiger partial charge on any atom is 0.293 e. The van der Waals surface area contributed by atoms with Crippen LogP contribution in [0.5, 0.6) is 0 Å². The zero-order chi connectivity index (χ0) is 15.0. The molecule has 0 saturated carbocycles. The van der Waals surface area contributed by atoms with Gasteiger partial charge in [-0.15, -0.1) is 0 Å². The van der Waals surface area contributed by atoms with E-state index in [-0.39, 0.29) is 5.60 Å². The molecule has 0 fully saturated rings. The lowest BCUT2D eigenvalue weighted by atomic mass is 9.94. The molecule has 0 heterocycles. The Bertz CT molecular complexity index is 861. The van der Waals surface area contributed by atoms with Gasteiger partial charge >= 0.3 is 0 Å². The zero-order valence-electron chi connectivity index (χ0n) is 12.5. The molecule has 0 unspecified atom stereocenters. The first-order valence-electron chi connectivity index (χ1n) is 7.06.